The monoisotopic (exact) mass is 324 g/mol. The summed E-state index contributed by atoms with van der Waals surface area (Å²) in [6.45, 7) is 0. The highest BCUT2D eigenvalue weighted by Crippen LogP contribution is 2.26. The Morgan fingerprint density at radius 3 is 2.50 bits per heavy atom. The van der Waals surface area contributed by atoms with E-state index < -0.39 is 0 Å². The van der Waals surface area contributed by atoms with Crippen LogP contribution in [0.4, 0.5) is 11.4 Å². The second-order valence-corrected chi connectivity index (χ2v) is 4.99. The van der Waals surface area contributed by atoms with Gasteiger partial charge in [-0.25, -0.2) is 0 Å². The molecule has 0 aromatic heterocycles. The molecule has 0 atom stereocenters. The van der Waals surface area contributed by atoms with E-state index in [1.807, 2.05) is 0 Å². The van der Waals surface area contributed by atoms with Crippen molar-refractivity contribution < 1.29 is 4.79 Å². The molecule has 0 saturated carbocycles. The van der Waals surface area contributed by atoms with Gasteiger partial charge in [0.2, 0.25) is 0 Å². The molecule has 0 saturated heterocycles. The van der Waals surface area contributed by atoms with Gasteiger partial charge in [0.15, 0.2) is 0 Å². The Kier molecular flexibility index (Phi) is 3.89. The molecule has 0 aliphatic rings. The highest BCUT2D eigenvalue weighted by molar-refractivity contribution is 9.10. The second kappa shape index (κ2) is 5.42. The van der Waals surface area contributed by atoms with Crippen molar-refractivity contribution in [1.29, 1.82) is 0 Å². The molecular weight excluding hydrogens is 316 g/mol. The van der Waals surface area contributed by atoms with E-state index in [2.05, 4.69) is 21.2 Å². The van der Waals surface area contributed by atoms with Crippen molar-refractivity contribution in [3.8, 4) is 0 Å². The number of amides is 1. The lowest BCUT2D eigenvalue weighted by Gasteiger charge is -2.08. The van der Waals surface area contributed by atoms with Gasteiger partial charge >= 0.3 is 0 Å². The fourth-order valence-corrected chi connectivity index (χ4v) is 1.94. The van der Waals surface area contributed by atoms with Gasteiger partial charge < -0.3 is 11.1 Å². The number of halogens is 2. The van der Waals surface area contributed by atoms with Crippen LogP contribution in [-0.4, -0.2) is 5.91 Å². The summed E-state index contributed by atoms with van der Waals surface area (Å²) < 4.78 is 0.774. The first-order chi connectivity index (χ1) is 8.56. The molecule has 92 valence electrons. The van der Waals surface area contributed by atoms with Gasteiger partial charge in [0, 0.05) is 20.7 Å². The molecule has 2 aromatic rings. The van der Waals surface area contributed by atoms with E-state index >= 15 is 0 Å². The zero-order valence-electron chi connectivity index (χ0n) is 9.28. The molecule has 1 amide bonds. The van der Waals surface area contributed by atoms with Crippen LogP contribution in [0.2, 0.25) is 5.02 Å². The van der Waals surface area contributed by atoms with E-state index in [4.69, 9.17) is 17.3 Å². The zero-order valence-corrected chi connectivity index (χ0v) is 11.6. The standard InChI is InChI=1S/C13H10BrClN2O/c14-11-6-3-9(15)7-12(11)17-13(18)8-1-4-10(16)5-2-8/h1-7H,16H2,(H,17,18). The van der Waals surface area contributed by atoms with Crippen molar-refractivity contribution >= 4 is 44.8 Å². The number of benzene rings is 2. The molecule has 3 N–H and O–H groups in total. The van der Waals surface area contributed by atoms with Crippen LogP contribution in [0, 0.1) is 0 Å². The average Bonchev–Trinajstić information content (AvgIpc) is 2.34. The molecule has 0 heterocycles. The van der Waals surface area contributed by atoms with Crippen molar-refractivity contribution in [2.24, 2.45) is 0 Å². The molecule has 0 aliphatic carbocycles. The summed E-state index contributed by atoms with van der Waals surface area (Å²) in [6, 6.07) is 11.9. The average molecular weight is 326 g/mol. The predicted octanol–water partition coefficient (Wildman–Crippen LogP) is 3.94. The Bertz CT molecular complexity index is 584. The van der Waals surface area contributed by atoms with E-state index in [1.54, 1.807) is 42.5 Å². The highest BCUT2D eigenvalue weighted by atomic mass is 79.9. The van der Waals surface area contributed by atoms with Crippen LogP contribution in [0.1, 0.15) is 10.4 Å². The number of hydrogen-bond acceptors (Lipinski definition) is 2. The van der Waals surface area contributed by atoms with Crippen molar-refractivity contribution in [1.82, 2.24) is 0 Å². The fourth-order valence-electron chi connectivity index (χ4n) is 1.42. The largest absolute Gasteiger partial charge is 0.399 e. The quantitative estimate of drug-likeness (QED) is 0.822. The molecule has 0 spiro atoms. The zero-order chi connectivity index (χ0) is 13.1. The number of nitrogens with one attached hydrogen (secondary N) is 1. The Labute approximate surface area is 118 Å². The van der Waals surface area contributed by atoms with Crippen molar-refractivity contribution in [3.05, 3.63) is 57.5 Å². The Balaban J connectivity index is 2.21. The van der Waals surface area contributed by atoms with Crippen LogP contribution in [0.3, 0.4) is 0 Å². The topological polar surface area (TPSA) is 55.1 Å². The van der Waals surface area contributed by atoms with Gasteiger partial charge in [-0.2, -0.15) is 0 Å². The smallest absolute Gasteiger partial charge is 0.255 e. The summed E-state index contributed by atoms with van der Waals surface area (Å²) in [4.78, 5) is 12.0. The fraction of sp³-hybridized carbons (Fsp3) is 0. The van der Waals surface area contributed by atoms with Gasteiger partial charge in [0.25, 0.3) is 5.91 Å². The van der Waals surface area contributed by atoms with Crippen LogP contribution < -0.4 is 11.1 Å². The minimum atomic E-state index is -0.210. The molecule has 18 heavy (non-hydrogen) atoms. The third-order valence-electron chi connectivity index (χ3n) is 2.35. The molecule has 0 radical (unpaired) electrons. The number of carbonyl (C=O) groups is 1. The van der Waals surface area contributed by atoms with E-state index in [9.17, 15) is 4.79 Å². The first-order valence-corrected chi connectivity index (χ1v) is 6.35. The van der Waals surface area contributed by atoms with Gasteiger partial charge in [-0.1, -0.05) is 11.6 Å². The minimum Gasteiger partial charge on any atom is -0.399 e. The van der Waals surface area contributed by atoms with Gasteiger partial charge in [0.1, 0.15) is 0 Å². The first kappa shape index (κ1) is 12.9. The normalized spacial score (nSPS) is 10.1. The molecule has 0 fully saturated rings. The van der Waals surface area contributed by atoms with Gasteiger partial charge in [0.05, 0.1) is 5.69 Å². The number of hydrogen-bond donors (Lipinski definition) is 2. The third kappa shape index (κ3) is 3.03. The Morgan fingerprint density at radius 1 is 1.17 bits per heavy atom. The lowest BCUT2D eigenvalue weighted by atomic mass is 10.2. The SMILES string of the molecule is Nc1ccc(C(=O)Nc2cc(Cl)ccc2Br)cc1. The Hall–Kier alpha value is -1.52. The molecule has 2 rings (SSSR count). The summed E-state index contributed by atoms with van der Waals surface area (Å²) in [5.41, 5.74) is 7.35. The molecule has 2 aromatic carbocycles. The third-order valence-corrected chi connectivity index (χ3v) is 3.28. The molecule has 0 aliphatic heterocycles. The number of carbonyl (C=O) groups excluding carboxylic acids is 1. The number of nitrogens with two attached hydrogens (primary N) is 1. The van der Waals surface area contributed by atoms with Crippen molar-refractivity contribution in [3.63, 3.8) is 0 Å². The van der Waals surface area contributed by atoms with E-state index in [-0.39, 0.29) is 5.91 Å². The second-order valence-electron chi connectivity index (χ2n) is 3.70. The number of nitrogen functional groups attached to an aromatic ring is 1. The number of rotatable bonds is 2. The predicted molar refractivity (Wildman–Crippen MR) is 78.0 cm³/mol. The van der Waals surface area contributed by atoms with Crippen LogP contribution in [-0.2, 0) is 0 Å². The molecule has 3 nitrogen and oxygen atoms in total. The van der Waals surface area contributed by atoms with Crippen LogP contribution in [0.25, 0.3) is 0 Å². The first-order valence-electron chi connectivity index (χ1n) is 5.18. The lowest BCUT2D eigenvalue weighted by molar-refractivity contribution is 0.102. The molecule has 5 heteroatoms. The summed E-state index contributed by atoms with van der Waals surface area (Å²) in [7, 11) is 0. The molecule has 0 unspecified atom stereocenters. The summed E-state index contributed by atoms with van der Waals surface area (Å²) in [5, 5.41) is 3.34. The minimum absolute atomic E-state index is 0.210. The molecule has 0 bridgehead atoms. The maximum atomic E-state index is 12.0. The van der Waals surface area contributed by atoms with Crippen molar-refractivity contribution in [2.75, 3.05) is 11.1 Å². The maximum absolute atomic E-state index is 12.0. The van der Waals surface area contributed by atoms with E-state index in [0.717, 1.165) is 4.47 Å². The van der Waals surface area contributed by atoms with Crippen LogP contribution in [0.15, 0.2) is 46.9 Å². The van der Waals surface area contributed by atoms with E-state index in [0.29, 0.717) is 22.0 Å². The lowest BCUT2D eigenvalue weighted by Crippen LogP contribution is -2.12. The Morgan fingerprint density at radius 2 is 1.83 bits per heavy atom. The summed E-state index contributed by atoms with van der Waals surface area (Å²) >= 11 is 9.23. The number of anilines is 2. The highest BCUT2D eigenvalue weighted by Gasteiger charge is 2.08. The van der Waals surface area contributed by atoms with Gasteiger partial charge in [-0.15, -0.1) is 0 Å². The summed E-state index contributed by atoms with van der Waals surface area (Å²) in [6.07, 6.45) is 0. The summed E-state index contributed by atoms with van der Waals surface area (Å²) in [5.74, 6) is -0.210. The van der Waals surface area contributed by atoms with Crippen molar-refractivity contribution in [2.45, 2.75) is 0 Å². The van der Waals surface area contributed by atoms with Gasteiger partial charge in [-0.05, 0) is 58.4 Å². The van der Waals surface area contributed by atoms with Crippen LogP contribution in [0.5, 0.6) is 0 Å². The molecular formula is C13H10BrClN2O. The van der Waals surface area contributed by atoms with E-state index in [1.165, 1.54) is 0 Å². The van der Waals surface area contributed by atoms with Crippen LogP contribution >= 0.6 is 27.5 Å². The van der Waals surface area contributed by atoms with Gasteiger partial charge in [-0.3, -0.25) is 4.79 Å². The maximum Gasteiger partial charge on any atom is 0.255 e.